The van der Waals surface area contributed by atoms with Gasteiger partial charge in [0.25, 0.3) is 11.9 Å². The Morgan fingerprint density at radius 3 is 2.54 bits per heavy atom. The SMILES string of the molecule is CC1=CCC(C)N=C(Nc2nnc(NC3=CCC(C)C(N=[N+]=[N-])=NN3)nn2)N1. The van der Waals surface area contributed by atoms with E-state index >= 15 is 0 Å². The van der Waals surface area contributed by atoms with Crippen molar-refractivity contribution in [3.05, 3.63) is 34.1 Å². The number of hydrazone groups is 1. The topological polar surface area (TPSA) is 173 Å². The van der Waals surface area contributed by atoms with Crippen LogP contribution in [0.1, 0.15) is 33.6 Å². The van der Waals surface area contributed by atoms with Crippen LogP contribution in [0.3, 0.4) is 0 Å². The monoisotopic (exact) mass is 383 g/mol. The van der Waals surface area contributed by atoms with Gasteiger partial charge in [-0.15, -0.1) is 20.4 Å². The summed E-state index contributed by atoms with van der Waals surface area (Å²) in [7, 11) is 0. The van der Waals surface area contributed by atoms with Gasteiger partial charge >= 0.3 is 0 Å². The number of anilines is 2. The molecule has 0 bridgehead atoms. The number of rotatable bonds is 3. The van der Waals surface area contributed by atoms with E-state index in [-0.39, 0.29) is 23.9 Å². The summed E-state index contributed by atoms with van der Waals surface area (Å²) in [5.74, 6) is 1.87. The first-order chi connectivity index (χ1) is 13.5. The van der Waals surface area contributed by atoms with Crippen LogP contribution in [0, 0.1) is 5.92 Å². The average molecular weight is 383 g/mol. The van der Waals surface area contributed by atoms with Crippen molar-refractivity contribution < 1.29 is 0 Å². The molecule has 0 aliphatic carbocycles. The average Bonchev–Trinajstić information content (AvgIpc) is 2.94. The van der Waals surface area contributed by atoms with Gasteiger partial charge in [0.15, 0.2) is 0 Å². The number of allylic oxidation sites excluding steroid dienone is 2. The summed E-state index contributed by atoms with van der Waals surface area (Å²) in [6.07, 6.45) is 5.43. The van der Waals surface area contributed by atoms with E-state index in [1.807, 2.05) is 26.8 Å². The fourth-order valence-electron chi connectivity index (χ4n) is 2.43. The molecule has 0 aromatic carbocycles. The lowest BCUT2D eigenvalue weighted by molar-refractivity contribution is 0.761. The highest BCUT2D eigenvalue weighted by Gasteiger charge is 2.14. The highest BCUT2D eigenvalue weighted by molar-refractivity contribution is 5.93. The molecule has 4 N–H and O–H groups in total. The third-order valence-corrected chi connectivity index (χ3v) is 3.94. The molecule has 0 saturated heterocycles. The molecule has 1 aromatic rings. The molecule has 1 aromatic heterocycles. The van der Waals surface area contributed by atoms with Gasteiger partial charge in [-0.1, -0.05) is 13.0 Å². The van der Waals surface area contributed by atoms with Crippen molar-refractivity contribution in [1.82, 2.24) is 31.1 Å². The second-order valence-corrected chi connectivity index (χ2v) is 6.40. The van der Waals surface area contributed by atoms with Crippen LogP contribution in [0.15, 0.2) is 38.9 Å². The number of azide groups is 1. The van der Waals surface area contributed by atoms with E-state index in [0.29, 0.717) is 24.0 Å². The molecule has 0 spiro atoms. The van der Waals surface area contributed by atoms with Crippen molar-refractivity contribution in [2.45, 2.75) is 39.7 Å². The van der Waals surface area contributed by atoms with Crippen LogP contribution >= 0.6 is 0 Å². The third-order valence-electron chi connectivity index (χ3n) is 3.94. The third kappa shape index (κ3) is 5.14. The Balaban J connectivity index is 1.63. The Morgan fingerprint density at radius 2 is 1.82 bits per heavy atom. The van der Waals surface area contributed by atoms with E-state index < -0.39 is 0 Å². The van der Waals surface area contributed by atoms with Gasteiger partial charge in [-0.05, 0) is 43.4 Å². The molecule has 0 radical (unpaired) electrons. The number of aliphatic imine (C=N–C) groups is 1. The van der Waals surface area contributed by atoms with Crippen molar-refractivity contribution in [2.75, 3.05) is 10.6 Å². The number of nitrogens with one attached hydrogen (secondary N) is 4. The van der Waals surface area contributed by atoms with E-state index in [0.717, 1.165) is 12.1 Å². The number of amidine groups is 1. The van der Waals surface area contributed by atoms with Crippen LogP contribution in [-0.4, -0.2) is 38.2 Å². The second kappa shape index (κ2) is 8.77. The van der Waals surface area contributed by atoms with E-state index in [4.69, 9.17) is 5.53 Å². The van der Waals surface area contributed by atoms with Crippen LogP contribution in [0.5, 0.6) is 0 Å². The van der Waals surface area contributed by atoms with Crippen LogP contribution in [-0.2, 0) is 0 Å². The van der Waals surface area contributed by atoms with Crippen LogP contribution in [0.4, 0.5) is 11.9 Å². The number of guanidine groups is 1. The summed E-state index contributed by atoms with van der Waals surface area (Å²) in [6, 6.07) is 0.140. The van der Waals surface area contributed by atoms with Crippen molar-refractivity contribution in [2.24, 2.45) is 21.1 Å². The molecule has 0 fully saturated rings. The molecule has 3 heterocycles. The summed E-state index contributed by atoms with van der Waals surface area (Å²) < 4.78 is 0. The molecule has 2 aliphatic rings. The van der Waals surface area contributed by atoms with Gasteiger partial charge in [-0.3, -0.25) is 10.7 Å². The zero-order valence-electron chi connectivity index (χ0n) is 15.7. The van der Waals surface area contributed by atoms with Gasteiger partial charge in [0.05, 0.1) is 6.04 Å². The maximum Gasteiger partial charge on any atom is 0.268 e. The molecule has 2 atom stereocenters. The quantitative estimate of drug-likeness (QED) is 0.347. The normalized spacial score (nSPS) is 21.8. The Hall–Kier alpha value is -3.73. The Bertz CT molecular complexity index is 876. The van der Waals surface area contributed by atoms with E-state index in [1.165, 1.54) is 0 Å². The standard InChI is InChI=1S/C15H21N13/c1-8-4-7-11(21-22-12(8)23-28-16)19-14-24-26-15(27-25-14)20-13-17-9(2)5-6-10(3)18-13/h5,7-8,10,21H,4,6H2,1-3H3,(H,19,24,25)(H2,17,18,20,26,27). The minimum atomic E-state index is -0.0146. The smallest absolute Gasteiger partial charge is 0.268 e. The van der Waals surface area contributed by atoms with Gasteiger partial charge in [-0.2, -0.15) is 5.10 Å². The summed E-state index contributed by atoms with van der Waals surface area (Å²) in [6.45, 7) is 5.90. The molecule has 2 aliphatic heterocycles. The lowest BCUT2D eigenvalue weighted by atomic mass is 10.1. The van der Waals surface area contributed by atoms with Gasteiger partial charge in [0, 0.05) is 16.5 Å². The molecular weight excluding hydrogens is 362 g/mol. The van der Waals surface area contributed by atoms with Gasteiger partial charge < -0.3 is 10.6 Å². The van der Waals surface area contributed by atoms with E-state index in [2.05, 4.69) is 68.0 Å². The van der Waals surface area contributed by atoms with Gasteiger partial charge in [0.2, 0.25) is 5.96 Å². The summed E-state index contributed by atoms with van der Waals surface area (Å²) in [5.41, 5.74) is 12.4. The molecule has 28 heavy (non-hydrogen) atoms. The molecule has 0 amide bonds. The van der Waals surface area contributed by atoms with Crippen molar-refractivity contribution >= 4 is 23.7 Å². The molecular formula is C15H21N13. The highest BCUT2D eigenvalue weighted by atomic mass is 15.4. The summed E-state index contributed by atoms with van der Waals surface area (Å²) >= 11 is 0. The predicted molar refractivity (Wildman–Crippen MR) is 105 cm³/mol. The zero-order valence-corrected chi connectivity index (χ0v) is 15.7. The lowest BCUT2D eigenvalue weighted by Crippen LogP contribution is -2.30. The van der Waals surface area contributed by atoms with Crippen LogP contribution in [0.25, 0.3) is 10.4 Å². The van der Waals surface area contributed by atoms with E-state index in [1.54, 1.807) is 0 Å². The number of nitrogens with zero attached hydrogens (tertiary/aromatic N) is 9. The maximum atomic E-state index is 8.58. The van der Waals surface area contributed by atoms with Gasteiger partial charge in [-0.25, -0.2) is 4.99 Å². The fraction of sp³-hybridized carbons (Fsp3) is 0.467. The molecule has 13 nitrogen and oxygen atoms in total. The Kier molecular flexibility index (Phi) is 5.97. The molecule has 146 valence electrons. The van der Waals surface area contributed by atoms with Crippen molar-refractivity contribution in [1.29, 1.82) is 0 Å². The van der Waals surface area contributed by atoms with Gasteiger partial charge in [0.1, 0.15) is 11.7 Å². The van der Waals surface area contributed by atoms with Crippen molar-refractivity contribution in [3.63, 3.8) is 0 Å². The number of hydrogen-bond acceptors (Lipinski definition) is 11. The fourth-order valence-corrected chi connectivity index (χ4v) is 2.43. The predicted octanol–water partition coefficient (Wildman–Crippen LogP) is 1.83. The molecule has 3 rings (SSSR count). The molecule has 0 saturated carbocycles. The minimum Gasteiger partial charge on any atom is -0.330 e. The van der Waals surface area contributed by atoms with Crippen LogP contribution < -0.4 is 21.4 Å². The first-order valence-electron chi connectivity index (χ1n) is 8.75. The van der Waals surface area contributed by atoms with Crippen molar-refractivity contribution in [3.8, 4) is 0 Å². The zero-order chi connectivity index (χ0) is 19.9. The van der Waals surface area contributed by atoms with E-state index in [9.17, 15) is 0 Å². The molecule has 13 heteroatoms. The Morgan fingerprint density at radius 1 is 1.11 bits per heavy atom. The largest absolute Gasteiger partial charge is 0.330 e. The first-order valence-corrected chi connectivity index (χ1v) is 8.75. The lowest BCUT2D eigenvalue weighted by Gasteiger charge is -2.10. The minimum absolute atomic E-state index is 0.0146. The maximum absolute atomic E-state index is 8.58. The highest BCUT2D eigenvalue weighted by Crippen LogP contribution is 2.13. The summed E-state index contributed by atoms with van der Waals surface area (Å²) in [5, 5.41) is 32.7. The number of aromatic nitrogens is 4. The molecule has 2 unspecified atom stereocenters. The second-order valence-electron chi connectivity index (χ2n) is 6.40. The first kappa shape index (κ1) is 19.0. The Labute approximate surface area is 161 Å². The number of hydrogen-bond donors (Lipinski definition) is 4. The summed E-state index contributed by atoms with van der Waals surface area (Å²) in [4.78, 5) is 7.27. The van der Waals surface area contributed by atoms with Crippen LogP contribution in [0.2, 0.25) is 0 Å².